The van der Waals surface area contributed by atoms with Gasteiger partial charge in [0, 0.05) is 9.35 Å². The maximum absolute atomic E-state index is 11.3. The molecule has 1 aromatic heterocycles. The Balaban J connectivity index is 2.36. The summed E-state index contributed by atoms with van der Waals surface area (Å²) in [7, 11) is 0. The Morgan fingerprint density at radius 3 is 2.71 bits per heavy atom. The van der Waals surface area contributed by atoms with Crippen molar-refractivity contribution in [3.8, 4) is 0 Å². The van der Waals surface area contributed by atoms with E-state index in [4.69, 9.17) is 0 Å². The van der Waals surface area contributed by atoms with Crippen molar-refractivity contribution in [2.75, 3.05) is 0 Å². The maximum atomic E-state index is 11.3. The zero-order valence-electron chi connectivity index (χ0n) is 7.37. The van der Waals surface area contributed by atoms with Crippen LogP contribution in [0.2, 0.25) is 0 Å². The zero-order valence-corrected chi connectivity index (χ0v) is 9.78. The van der Waals surface area contributed by atoms with Gasteiger partial charge in [-0.3, -0.25) is 9.59 Å². The smallest absolute Gasteiger partial charge is 0.322 e. The molecule has 0 N–H and O–H groups in total. The Morgan fingerprint density at radius 2 is 2.29 bits per heavy atom. The number of carbonyl (C=O) groups excluding carboxylic acids is 2. The highest BCUT2D eigenvalue weighted by molar-refractivity contribution is 9.10. The van der Waals surface area contributed by atoms with Crippen molar-refractivity contribution in [3.05, 3.63) is 20.3 Å². The minimum atomic E-state index is -0.433. The Bertz CT molecular complexity index is 410. The number of ether oxygens (including phenoxy) is 1. The summed E-state index contributed by atoms with van der Waals surface area (Å²) in [5, 5.41) is 1.95. The topological polar surface area (TPSA) is 43.4 Å². The van der Waals surface area contributed by atoms with Crippen LogP contribution in [-0.2, 0) is 14.3 Å². The molecule has 2 rings (SSSR count). The monoisotopic (exact) mass is 274 g/mol. The lowest BCUT2D eigenvalue weighted by Gasteiger charge is -2.01. The fraction of sp³-hybridized carbons (Fsp3) is 0.333. The summed E-state index contributed by atoms with van der Waals surface area (Å²) in [6, 6.07) is 0. The van der Waals surface area contributed by atoms with Gasteiger partial charge in [0.2, 0.25) is 0 Å². The first-order chi connectivity index (χ1) is 6.59. The Kier molecular flexibility index (Phi) is 2.45. The van der Waals surface area contributed by atoms with Gasteiger partial charge in [0.1, 0.15) is 5.92 Å². The van der Waals surface area contributed by atoms with Crippen molar-refractivity contribution in [2.45, 2.75) is 19.3 Å². The van der Waals surface area contributed by atoms with Crippen molar-refractivity contribution in [2.24, 2.45) is 0 Å². The van der Waals surface area contributed by atoms with Crippen molar-refractivity contribution >= 4 is 39.2 Å². The summed E-state index contributed by atoms with van der Waals surface area (Å²) < 4.78 is 5.42. The first-order valence-electron chi connectivity index (χ1n) is 4.07. The van der Waals surface area contributed by atoms with E-state index in [1.165, 1.54) is 11.3 Å². The normalized spacial score (nSPS) is 21.4. The van der Waals surface area contributed by atoms with E-state index in [1.54, 1.807) is 0 Å². The molecule has 1 atom stereocenters. The molecule has 1 unspecified atom stereocenters. The number of rotatable bonds is 1. The molecule has 1 saturated heterocycles. The molecule has 5 heteroatoms. The molecule has 1 aromatic rings. The van der Waals surface area contributed by atoms with Crippen LogP contribution >= 0.6 is 27.3 Å². The summed E-state index contributed by atoms with van der Waals surface area (Å²) in [5.41, 5.74) is 1.08. The Hall–Kier alpha value is -0.680. The molecule has 0 aromatic carbocycles. The second-order valence-corrected chi connectivity index (χ2v) is 4.85. The zero-order chi connectivity index (χ0) is 10.3. The molecule has 14 heavy (non-hydrogen) atoms. The van der Waals surface area contributed by atoms with Gasteiger partial charge in [-0.05, 0) is 33.8 Å². The molecule has 0 radical (unpaired) electrons. The second-order valence-electron chi connectivity index (χ2n) is 3.15. The minimum Gasteiger partial charge on any atom is -0.393 e. The predicted octanol–water partition coefficient (Wildman–Crippen LogP) is 2.38. The first kappa shape index (κ1) is 9.86. The van der Waals surface area contributed by atoms with Crippen LogP contribution in [0.4, 0.5) is 0 Å². The van der Waals surface area contributed by atoms with Crippen LogP contribution in [0.1, 0.15) is 22.8 Å². The summed E-state index contributed by atoms with van der Waals surface area (Å²) in [6.45, 7) is 1.95. The molecule has 0 spiro atoms. The van der Waals surface area contributed by atoms with E-state index in [-0.39, 0.29) is 6.42 Å². The number of cyclic esters (lactones) is 2. The molecule has 0 bridgehead atoms. The molecule has 2 heterocycles. The average molecular weight is 275 g/mol. The largest absolute Gasteiger partial charge is 0.393 e. The van der Waals surface area contributed by atoms with E-state index in [0.717, 1.165) is 14.9 Å². The summed E-state index contributed by atoms with van der Waals surface area (Å²) in [6.07, 6.45) is 0.164. The maximum Gasteiger partial charge on any atom is 0.322 e. The van der Waals surface area contributed by atoms with E-state index in [0.29, 0.717) is 0 Å². The summed E-state index contributed by atoms with van der Waals surface area (Å²) >= 11 is 4.88. The molecular formula is C9H7BrO3S. The van der Waals surface area contributed by atoms with Crippen LogP contribution in [-0.4, -0.2) is 11.9 Å². The van der Waals surface area contributed by atoms with Crippen LogP contribution < -0.4 is 0 Å². The van der Waals surface area contributed by atoms with E-state index >= 15 is 0 Å². The van der Waals surface area contributed by atoms with Crippen LogP contribution in [0.15, 0.2) is 9.85 Å². The Labute approximate surface area is 93.2 Å². The molecule has 0 saturated carbocycles. The Morgan fingerprint density at radius 1 is 1.57 bits per heavy atom. The van der Waals surface area contributed by atoms with E-state index in [9.17, 15) is 9.59 Å². The highest BCUT2D eigenvalue weighted by atomic mass is 79.9. The SMILES string of the molecule is Cc1csc(C2CC(=O)OC2=O)c1Br. The highest BCUT2D eigenvalue weighted by Crippen LogP contribution is 2.38. The third-order valence-corrected chi connectivity index (χ3v) is 4.64. The van der Waals surface area contributed by atoms with Gasteiger partial charge >= 0.3 is 11.9 Å². The fourth-order valence-corrected chi connectivity index (χ4v) is 3.21. The molecule has 3 nitrogen and oxygen atoms in total. The van der Waals surface area contributed by atoms with Gasteiger partial charge in [-0.25, -0.2) is 0 Å². The van der Waals surface area contributed by atoms with E-state index in [1.807, 2.05) is 12.3 Å². The van der Waals surface area contributed by atoms with Crippen molar-refractivity contribution in [3.63, 3.8) is 0 Å². The second kappa shape index (κ2) is 3.47. The number of carbonyl (C=O) groups is 2. The number of aryl methyl sites for hydroxylation is 1. The van der Waals surface area contributed by atoms with E-state index in [2.05, 4.69) is 20.7 Å². The van der Waals surface area contributed by atoms with Crippen LogP contribution in [0.3, 0.4) is 0 Å². The minimum absolute atomic E-state index is 0.164. The number of thiophene rings is 1. The average Bonchev–Trinajstić information content (AvgIpc) is 2.59. The molecular weight excluding hydrogens is 268 g/mol. The van der Waals surface area contributed by atoms with Gasteiger partial charge in [-0.15, -0.1) is 11.3 Å². The van der Waals surface area contributed by atoms with Crippen molar-refractivity contribution in [1.29, 1.82) is 0 Å². The van der Waals surface area contributed by atoms with Gasteiger partial charge in [0.05, 0.1) is 6.42 Å². The quantitative estimate of drug-likeness (QED) is 0.583. The molecule has 1 aliphatic heterocycles. The summed E-state index contributed by atoms with van der Waals surface area (Å²) in [5.74, 6) is -1.27. The van der Waals surface area contributed by atoms with Gasteiger partial charge in [-0.1, -0.05) is 0 Å². The molecule has 74 valence electrons. The standard InChI is InChI=1S/C9H7BrO3S/c1-4-3-14-8(7(4)10)5-2-6(11)13-9(5)12/h3,5H,2H2,1H3. The van der Waals surface area contributed by atoms with Crippen molar-refractivity contribution in [1.82, 2.24) is 0 Å². The third-order valence-electron chi connectivity index (χ3n) is 2.11. The highest BCUT2D eigenvalue weighted by Gasteiger charge is 2.36. The van der Waals surface area contributed by atoms with Crippen LogP contribution in [0, 0.1) is 6.92 Å². The third kappa shape index (κ3) is 1.50. The van der Waals surface area contributed by atoms with Crippen molar-refractivity contribution < 1.29 is 14.3 Å². The molecule has 0 aliphatic carbocycles. The number of hydrogen-bond acceptors (Lipinski definition) is 4. The number of esters is 2. The fourth-order valence-electron chi connectivity index (χ4n) is 1.36. The lowest BCUT2D eigenvalue weighted by atomic mass is 10.1. The van der Waals surface area contributed by atoms with E-state index < -0.39 is 17.9 Å². The van der Waals surface area contributed by atoms with Crippen LogP contribution in [0.5, 0.6) is 0 Å². The number of halogens is 1. The summed E-state index contributed by atoms with van der Waals surface area (Å²) in [4.78, 5) is 23.1. The van der Waals surface area contributed by atoms with Crippen LogP contribution in [0.25, 0.3) is 0 Å². The van der Waals surface area contributed by atoms with Gasteiger partial charge < -0.3 is 4.74 Å². The van der Waals surface area contributed by atoms with Gasteiger partial charge in [0.25, 0.3) is 0 Å². The molecule has 1 aliphatic rings. The lowest BCUT2D eigenvalue weighted by molar-refractivity contribution is -0.152. The number of hydrogen-bond donors (Lipinski definition) is 0. The lowest BCUT2D eigenvalue weighted by Crippen LogP contribution is -2.04. The molecule has 0 amide bonds. The van der Waals surface area contributed by atoms with Gasteiger partial charge in [0.15, 0.2) is 0 Å². The first-order valence-corrected chi connectivity index (χ1v) is 5.75. The molecule has 1 fully saturated rings. The van der Waals surface area contributed by atoms with Gasteiger partial charge in [-0.2, -0.15) is 0 Å². The predicted molar refractivity (Wildman–Crippen MR) is 55.2 cm³/mol.